The van der Waals surface area contributed by atoms with E-state index in [0.717, 1.165) is 45.3 Å². The summed E-state index contributed by atoms with van der Waals surface area (Å²) in [5.41, 5.74) is 0. The van der Waals surface area contributed by atoms with Crippen molar-refractivity contribution in [2.24, 2.45) is 0 Å². The smallest absolute Gasteiger partial charge is 0.219 e. The summed E-state index contributed by atoms with van der Waals surface area (Å²) in [4.78, 5) is 24.0. The molecule has 0 aliphatic carbocycles. The molecule has 1 N–H and O–H groups in total. The highest BCUT2D eigenvalue weighted by Gasteiger charge is 2.00. The van der Waals surface area contributed by atoms with E-state index in [4.69, 9.17) is 0 Å². The maximum atomic E-state index is 11.0. The largest absolute Gasteiger partial charge is 0.356 e. The number of nitrogens with one attached hydrogen (secondary N) is 1. The van der Waals surface area contributed by atoms with Gasteiger partial charge < -0.3 is 15.0 Å². The van der Waals surface area contributed by atoms with Crippen molar-refractivity contribution in [3.63, 3.8) is 0 Å². The lowest BCUT2D eigenvalue weighted by Crippen LogP contribution is -2.25. The van der Waals surface area contributed by atoms with Gasteiger partial charge in [0.2, 0.25) is 5.91 Å². The Morgan fingerprint density at radius 3 is 2.05 bits per heavy atom. The topological polar surface area (TPSA) is 49.4 Å². The SMILES string of the molecule is CC.CCC(=O)NCCCCN(C)CCCCC(C)=O. The van der Waals surface area contributed by atoms with Crippen LogP contribution in [0, 0.1) is 0 Å². The van der Waals surface area contributed by atoms with Crippen LogP contribution in [0.3, 0.4) is 0 Å². The van der Waals surface area contributed by atoms with Gasteiger partial charge in [-0.05, 0) is 52.7 Å². The number of Topliss-reactive ketones (excluding diaryl/α,β-unsaturated/α-hetero) is 1. The van der Waals surface area contributed by atoms with Crippen LogP contribution in [0.5, 0.6) is 0 Å². The van der Waals surface area contributed by atoms with E-state index < -0.39 is 0 Å². The number of hydrogen-bond donors (Lipinski definition) is 1. The lowest BCUT2D eigenvalue weighted by atomic mass is 10.2. The summed E-state index contributed by atoms with van der Waals surface area (Å²) in [6, 6.07) is 0. The van der Waals surface area contributed by atoms with Crippen molar-refractivity contribution in [3.8, 4) is 0 Å². The van der Waals surface area contributed by atoms with Gasteiger partial charge in [0, 0.05) is 19.4 Å². The summed E-state index contributed by atoms with van der Waals surface area (Å²) < 4.78 is 0. The van der Waals surface area contributed by atoms with Gasteiger partial charge in [-0.3, -0.25) is 4.79 Å². The fourth-order valence-electron chi connectivity index (χ4n) is 1.73. The first-order chi connectivity index (χ1) is 9.56. The van der Waals surface area contributed by atoms with Gasteiger partial charge in [0.1, 0.15) is 5.78 Å². The molecule has 0 aromatic rings. The molecule has 0 heterocycles. The van der Waals surface area contributed by atoms with E-state index in [9.17, 15) is 9.59 Å². The van der Waals surface area contributed by atoms with Gasteiger partial charge in [-0.25, -0.2) is 0 Å². The monoisotopic (exact) mass is 286 g/mol. The molecule has 1 amide bonds. The Balaban J connectivity index is 0. The number of hydrogen-bond acceptors (Lipinski definition) is 3. The third-order valence-electron chi connectivity index (χ3n) is 2.93. The van der Waals surface area contributed by atoms with Crippen molar-refractivity contribution in [2.45, 2.75) is 66.2 Å². The van der Waals surface area contributed by atoms with Crippen LogP contribution in [0.1, 0.15) is 66.2 Å². The number of nitrogens with zero attached hydrogens (tertiary/aromatic N) is 1. The lowest BCUT2D eigenvalue weighted by molar-refractivity contribution is -0.120. The predicted molar refractivity (Wildman–Crippen MR) is 85.9 cm³/mol. The molecule has 0 aromatic carbocycles. The lowest BCUT2D eigenvalue weighted by Gasteiger charge is -2.16. The summed E-state index contributed by atoms with van der Waals surface area (Å²) in [6.45, 7) is 10.4. The first-order valence-corrected chi connectivity index (χ1v) is 8.01. The maximum absolute atomic E-state index is 11.0. The van der Waals surface area contributed by atoms with Gasteiger partial charge in [-0.1, -0.05) is 20.8 Å². The van der Waals surface area contributed by atoms with Crippen molar-refractivity contribution in [1.82, 2.24) is 10.2 Å². The van der Waals surface area contributed by atoms with Crippen molar-refractivity contribution in [2.75, 3.05) is 26.7 Å². The minimum absolute atomic E-state index is 0.132. The Kier molecular flexibility index (Phi) is 17.3. The fourth-order valence-corrected chi connectivity index (χ4v) is 1.73. The number of amides is 1. The van der Waals surface area contributed by atoms with Crippen LogP contribution in [0.15, 0.2) is 0 Å². The van der Waals surface area contributed by atoms with Crippen LogP contribution in [-0.4, -0.2) is 43.3 Å². The first-order valence-electron chi connectivity index (χ1n) is 8.01. The molecule has 0 aliphatic rings. The number of carbonyl (C=O) groups excluding carboxylic acids is 2. The second-order valence-electron chi connectivity index (χ2n) is 4.87. The van der Waals surface area contributed by atoms with Crippen LogP contribution in [0.4, 0.5) is 0 Å². The average Bonchev–Trinajstić information content (AvgIpc) is 2.45. The Labute approximate surface area is 125 Å². The minimum atomic E-state index is 0.132. The molecular formula is C16H34N2O2. The number of rotatable bonds is 11. The van der Waals surface area contributed by atoms with E-state index in [-0.39, 0.29) is 11.7 Å². The van der Waals surface area contributed by atoms with Crippen molar-refractivity contribution in [3.05, 3.63) is 0 Å². The predicted octanol–water partition coefficient (Wildman–Crippen LogP) is 3.01. The Morgan fingerprint density at radius 2 is 1.55 bits per heavy atom. The summed E-state index contributed by atoms with van der Waals surface area (Å²) >= 11 is 0. The van der Waals surface area contributed by atoms with E-state index in [1.54, 1.807) is 6.92 Å². The van der Waals surface area contributed by atoms with Gasteiger partial charge in [-0.15, -0.1) is 0 Å². The van der Waals surface area contributed by atoms with Crippen molar-refractivity contribution < 1.29 is 9.59 Å². The highest BCUT2D eigenvalue weighted by atomic mass is 16.1. The van der Waals surface area contributed by atoms with Gasteiger partial charge in [0.05, 0.1) is 0 Å². The normalized spacial score (nSPS) is 9.90. The molecule has 0 unspecified atom stereocenters. The van der Waals surface area contributed by atoms with Gasteiger partial charge in [-0.2, -0.15) is 0 Å². The van der Waals surface area contributed by atoms with Crippen LogP contribution >= 0.6 is 0 Å². The average molecular weight is 286 g/mol. The van der Waals surface area contributed by atoms with E-state index in [1.165, 1.54) is 0 Å². The van der Waals surface area contributed by atoms with E-state index >= 15 is 0 Å². The summed E-state index contributed by atoms with van der Waals surface area (Å²) in [5, 5.41) is 2.88. The molecule has 0 aromatic heterocycles. The van der Waals surface area contributed by atoms with Crippen molar-refractivity contribution in [1.29, 1.82) is 0 Å². The van der Waals surface area contributed by atoms with Gasteiger partial charge in [0.15, 0.2) is 0 Å². The molecular weight excluding hydrogens is 252 g/mol. The van der Waals surface area contributed by atoms with E-state index in [0.29, 0.717) is 12.8 Å². The maximum Gasteiger partial charge on any atom is 0.219 e. The molecule has 4 heteroatoms. The molecule has 4 nitrogen and oxygen atoms in total. The van der Waals surface area contributed by atoms with E-state index in [1.807, 2.05) is 20.8 Å². The number of carbonyl (C=O) groups is 2. The summed E-state index contributed by atoms with van der Waals surface area (Å²) in [6.07, 6.45) is 5.48. The molecule has 0 spiro atoms. The Bertz CT molecular complexity index is 243. The zero-order valence-corrected chi connectivity index (χ0v) is 14.1. The minimum Gasteiger partial charge on any atom is -0.356 e. The van der Waals surface area contributed by atoms with Gasteiger partial charge >= 0.3 is 0 Å². The highest BCUT2D eigenvalue weighted by molar-refractivity contribution is 5.75. The quantitative estimate of drug-likeness (QED) is 0.594. The molecule has 0 radical (unpaired) electrons. The second-order valence-corrected chi connectivity index (χ2v) is 4.87. The van der Waals surface area contributed by atoms with Crippen LogP contribution in [0.2, 0.25) is 0 Å². The molecule has 0 rings (SSSR count). The Morgan fingerprint density at radius 1 is 1.00 bits per heavy atom. The summed E-state index contributed by atoms with van der Waals surface area (Å²) in [5.74, 6) is 0.414. The third-order valence-corrected chi connectivity index (χ3v) is 2.93. The Hall–Kier alpha value is -0.900. The van der Waals surface area contributed by atoms with Crippen LogP contribution < -0.4 is 5.32 Å². The number of unbranched alkanes of at least 4 members (excludes halogenated alkanes) is 2. The van der Waals surface area contributed by atoms with E-state index in [2.05, 4.69) is 17.3 Å². The van der Waals surface area contributed by atoms with Gasteiger partial charge in [0.25, 0.3) is 0 Å². The third kappa shape index (κ3) is 17.1. The molecule has 120 valence electrons. The highest BCUT2D eigenvalue weighted by Crippen LogP contribution is 1.99. The molecule has 0 bridgehead atoms. The van der Waals surface area contributed by atoms with Crippen LogP contribution in [0.25, 0.3) is 0 Å². The fraction of sp³-hybridized carbons (Fsp3) is 0.875. The molecule has 0 atom stereocenters. The van der Waals surface area contributed by atoms with Crippen molar-refractivity contribution >= 4 is 11.7 Å². The molecule has 0 saturated heterocycles. The molecule has 0 aliphatic heterocycles. The van der Waals surface area contributed by atoms with Crippen LogP contribution in [-0.2, 0) is 9.59 Å². The molecule has 0 fully saturated rings. The summed E-state index contributed by atoms with van der Waals surface area (Å²) in [7, 11) is 2.11. The second kappa shape index (κ2) is 16.2. The first kappa shape index (κ1) is 21.4. The molecule has 20 heavy (non-hydrogen) atoms. The molecule has 0 saturated carbocycles. The standard InChI is InChI=1S/C14H28N2O2.C2H6/c1-4-14(18)15-10-6-8-12-16(3)11-7-5-9-13(2)17;1-2/h4-12H2,1-3H3,(H,15,18);1-2H3. The zero-order valence-electron chi connectivity index (χ0n) is 14.1. The number of ketones is 1. The zero-order chi connectivity index (χ0) is 15.8.